The van der Waals surface area contributed by atoms with E-state index in [0.717, 1.165) is 12.8 Å². The van der Waals surface area contributed by atoms with Crippen LogP contribution in [0, 0.1) is 11.3 Å². The maximum absolute atomic E-state index is 11.7. The topological polar surface area (TPSA) is 46.2 Å². The third-order valence-corrected chi connectivity index (χ3v) is 5.42. The molecule has 0 saturated heterocycles. The van der Waals surface area contributed by atoms with Gasteiger partial charge in [-0.25, -0.2) is 13.1 Å². The zero-order chi connectivity index (χ0) is 12.2. The summed E-state index contributed by atoms with van der Waals surface area (Å²) >= 11 is 5.96. The molecule has 1 rings (SSSR count). The van der Waals surface area contributed by atoms with Crippen LogP contribution >= 0.6 is 11.6 Å². The predicted molar refractivity (Wildman–Crippen MR) is 68.2 cm³/mol. The fourth-order valence-corrected chi connectivity index (χ4v) is 4.13. The van der Waals surface area contributed by atoms with Gasteiger partial charge in [-0.2, -0.15) is 0 Å². The van der Waals surface area contributed by atoms with Crippen LogP contribution in [0.15, 0.2) is 0 Å². The highest BCUT2D eigenvalue weighted by atomic mass is 35.5. The van der Waals surface area contributed by atoms with Crippen molar-refractivity contribution in [2.24, 2.45) is 11.3 Å². The van der Waals surface area contributed by atoms with Crippen molar-refractivity contribution in [1.82, 2.24) is 4.72 Å². The van der Waals surface area contributed by atoms with Crippen LogP contribution in [-0.4, -0.2) is 26.6 Å². The lowest BCUT2D eigenvalue weighted by Crippen LogP contribution is -2.38. The molecule has 1 aliphatic rings. The van der Waals surface area contributed by atoms with Crippen molar-refractivity contribution >= 4 is 21.6 Å². The van der Waals surface area contributed by atoms with Gasteiger partial charge in [0, 0.05) is 12.4 Å². The van der Waals surface area contributed by atoms with E-state index in [1.165, 1.54) is 12.8 Å². The highest BCUT2D eigenvalue weighted by Crippen LogP contribution is 2.38. The second-order valence-corrected chi connectivity index (χ2v) is 7.46. The maximum Gasteiger partial charge on any atom is 0.211 e. The Kier molecular flexibility index (Phi) is 5.08. The SMILES string of the molecule is CC(C)CS(=O)(=O)NCC1(CCl)CCCC1. The molecule has 0 heterocycles. The van der Waals surface area contributed by atoms with Gasteiger partial charge < -0.3 is 0 Å². The van der Waals surface area contributed by atoms with Crippen LogP contribution in [0.2, 0.25) is 0 Å². The molecule has 0 aromatic carbocycles. The zero-order valence-corrected chi connectivity index (χ0v) is 11.7. The molecule has 0 radical (unpaired) electrons. The molecule has 0 aromatic rings. The van der Waals surface area contributed by atoms with Crippen LogP contribution in [0.25, 0.3) is 0 Å². The number of sulfonamides is 1. The summed E-state index contributed by atoms with van der Waals surface area (Å²) in [6, 6.07) is 0. The molecule has 1 aliphatic carbocycles. The Hall–Kier alpha value is 0.200. The first-order valence-electron chi connectivity index (χ1n) is 5.92. The Bertz CT molecular complexity index is 308. The lowest BCUT2D eigenvalue weighted by Gasteiger charge is -2.26. The monoisotopic (exact) mass is 267 g/mol. The Morgan fingerprint density at radius 1 is 1.31 bits per heavy atom. The molecule has 0 atom stereocenters. The van der Waals surface area contributed by atoms with Crippen molar-refractivity contribution in [1.29, 1.82) is 0 Å². The maximum atomic E-state index is 11.7. The lowest BCUT2D eigenvalue weighted by atomic mass is 9.89. The Morgan fingerprint density at radius 2 is 1.88 bits per heavy atom. The fourth-order valence-electron chi connectivity index (χ4n) is 2.24. The summed E-state index contributed by atoms with van der Waals surface area (Å²) in [7, 11) is -3.13. The minimum atomic E-state index is -3.13. The smallest absolute Gasteiger partial charge is 0.211 e. The van der Waals surface area contributed by atoms with Crippen molar-refractivity contribution in [3.63, 3.8) is 0 Å². The molecular weight excluding hydrogens is 246 g/mol. The Balaban J connectivity index is 2.49. The molecule has 0 amide bonds. The standard InChI is InChI=1S/C11H22ClNO2S/c1-10(2)7-16(14,15)13-9-11(8-12)5-3-4-6-11/h10,13H,3-9H2,1-2H3. The molecule has 0 bridgehead atoms. The van der Waals surface area contributed by atoms with Gasteiger partial charge in [0.2, 0.25) is 10.0 Å². The van der Waals surface area contributed by atoms with Crippen molar-refractivity contribution in [3.05, 3.63) is 0 Å². The summed E-state index contributed by atoms with van der Waals surface area (Å²) in [4.78, 5) is 0. The molecule has 16 heavy (non-hydrogen) atoms. The van der Waals surface area contributed by atoms with E-state index in [0.29, 0.717) is 12.4 Å². The molecule has 1 saturated carbocycles. The number of hydrogen-bond donors (Lipinski definition) is 1. The molecule has 96 valence electrons. The minimum absolute atomic E-state index is 0.00556. The molecule has 0 aromatic heterocycles. The summed E-state index contributed by atoms with van der Waals surface area (Å²) in [6.07, 6.45) is 4.42. The first kappa shape index (κ1) is 14.3. The second kappa shape index (κ2) is 5.69. The van der Waals surface area contributed by atoms with Crippen molar-refractivity contribution in [2.45, 2.75) is 39.5 Å². The molecule has 1 fully saturated rings. The number of hydrogen-bond acceptors (Lipinski definition) is 2. The van der Waals surface area contributed by atoms with Gasteiger partial charge >= 0.3 is 0 Å². The Morgan fingerprint density at radius 3 is 2.31 bits per heavy atom. The van der Waals surface area contributed by atoms with Crippen LogP contribution in [-0.2, 0) is 10.0 Å². The summed E-state index contributed by atoms with van der Waals surface area (Å²) in [5, 5.41) is 0. The molecule has 0 aliphatic heterocycles. The van der Waals surface area contributed by atoms with Crippen LogP contribution in [0.1, 0.15) is 39.5 Å². The average Bonchev–Trinajstić information content (AvgIpc) is 2.62. The summed E-state index contributed by atoms with van der Waals surface area (Å²) in [6.45, 7) is 4.32. The van der Waals surface area contributed by atoms with Crippen molar-refractivity contribution < 1.29 is 8.42 Å². The van der Waals surface area contributed by atoms with Crippen LogP contribution in [0.5, 0.6) is 0 Å². The first-order valence-corrected chi connectivity index (χ1v) is 8.11. The molecule has 0 spiro atoms. The van der Waals surface area contributed by atoms with Gasteiger partial charge in [0.05, 0.1) is 5.75 Å². The lowest BCUT2D eigenvalue weighted by molar-refractivity contribution is 0.342. The van der Waals surface area contributed by atoms with Gasteiger partial charge in [0.15, 0.2) is 0 Å². The molecule has 3 nitrogen and oxygen atoms in total. The van der Waals surface area contributed by atoms with Gasteiger partial charge in [-0.05, 0) is 24.2 Å². The van der Waals surface area contributed by atoms with Gasteiger partial charge in [-0.15, -0.1) is 11.6 Å². The predicted octanol–water partition coefficient (Wildman–Crippen LogP) is 2.36. The van der Waals surface area contributed by atoms with Crippen LogP contribution in [0.4, 0.5) is 0 Å². The second-order valence-electron chi connectivity index (χ2n) is 5.34. The number of halogens is 1. The highest BCUT2D eigenvalue weighted by Gasteiger charge is 2.34. The van der Waals surface area contributed by atoms with E-state index >= 15 is 0 Å². The van der Waals surface area contributed by atoms with Crippen molar-refractivity contribution in [2.75, 3.05) is 18.2 Å². The van der Waals surface area contributed by atoms with Gasteiger partial charge in [-0.3, -0.25) is 0 Å². The highest BCUT2D eigenvalue weighted by molar-refractivity contribution is 7.89. The number of alkyl halides is 1. The van der Waals surface area contributed by atoms with E-state index in [-0.39, 0.29) is 17.1 Å². The summed E-state index contributed by atoms with van der Waals surface area (Å²) < 4.78 is 26.1. The number of rotatable bonds is 6. The molecule has 1 N–H and O–H groups in total. The summed E-state index contributed by atoms with van der Waals surface area (Å²) in [5.74, 6) is 0.913. The average molecular weight is 268 g/mol. The quantitative estimate of drug-likeness (QED) is 0.751. The largest absolute Gasteiger partial charge is 0.215 e. The van der Waals surface area contributed by atoms with E-state index in [2.05, 4.69) is 4.72 Å². The van der Waals surface area contributed by atoms with Gasteiger partial charge in [0.25, 0.3) is 0 Å². The molecule has 5 heteroatoms. The third-order valence-electron chi connectivity index (χ3n) is 3.17. The molecular formula is C11H22ClNO2S. The molecule has 0 unspecified atom stereocenters. The fraction of sp³-hybridized carbons (Fsp3) is 1.00. The normalized spacial score (nSPS) is 20.5. The van der Waals surface area contributed by atoms with E-state index < -0.39 is 10.0 Å². The van der Waals surface area contributed by atoms with Gasteiger partial charge in [-0.1, -0.05) is 26.7 Å². The van der Waals surface area contributed by atoms with E-state index in [1.807, 2.05) is 13.8 Å². The van der Waals surface area contributed by atoms with Crippen LogP contribution in [0.3, 0.4) is 0 Å². The van der Waals surface area contributed by atoms with E-state index in [9.17, 15) is 8.42 Å². The summed E-state index contributed by atoms with van der Waals surface area (Å²) in [5.41, 5.74) is 0.00556. The van der Waals surface area contributed by atoms with Crippen molar-refractivity contribution in [3.8, 4) is 0 Å². The van der Waals surface area contributed by atoms with E-state index in [4.69, 9.17) is 11.6 Å². The Labute approximate surface area is 104 Å². The van der Waals surface area contributed by atoms with E-state index in [1.54, 1.807) is 0 Å². The van der Waals surface area contributed by atoms with Gasteiger partial charge in [0.1, 0.15) is 0 Å². The first-order chi connectivity index (χ1) is 7.39. The minimum Gasteiger partial charge on any atom is -0.215 e. The number of nitrogens with one attached hydrogen (secondary N) is 1. The van der Waals surface area contributed by atoms with Crippen LogP contribution < -0.4 is 4.72 Å². The third kappa shape index (κ3) is 4.22. The zero-order valence-electron chi connectivity index (χ0n) is 10.1.